The van der Waals surface area contributed by atoms with E-state index in [-0.39, 0.29) is 11.7 Å². The summed E-state index contributed by atoms with van der Waals surface area (Å²) < 4.78 is 19.5. The molecule has 0 aliphatic rings. The average Bonchev–Trinajstić information content (AvgIpc) is 3.05. The predicted molar refractivity (Wildman–Crippen MR) is 110 cm³/mol. The number of aryl methyl sites for hydroxylation is 1. The van der Waals surface area contributed by atoms with Gasteiger partial charge in [0.05, 0.1) is 10.7 Å². The largest absolute Gasteiger partial charge is 0.457 e. The maximum Gasteiger partial charge on any atom is 0.248 e. The van der Waals surface area contributed by atoms with Gasteiger partial charge >= 0.3 is 0 Å². The molecule has 0 atom stereocenters. The number of hydrogen-bond donors (Lipinski definition) is 2. The van der Waals surface area contributed by atoms with Crippen molar-refractivity contribution in [1.29, 1.82) is 0 Å². The number of amides is 1. The summed E-state index contributed by atoms with van der Waals surface area (Å²) in [6.07, 6.45) is 2.88. The second kappa shape index (κ2) is 7.98. The molecule has 1 heterocycles. The van der Waals surface area contributed by atoms with Gasteiger partial charge in [-0.25, -0.2) is 4.39 Å². The van der Waals surface area contributed by atoms with Crippen molar-refractivity contribution in [3.05, 3.63) is 75.2 Å². The second-order valence-corrected chi connectivity index (χ2v) is 7.10. The molecule has 3 N–H and O–H groups in total. The summed E-state index contributed by atoms with van der Waals surface area (Å²) in [7, 11) is 0. The third kappa shape index (κ3) is 4.59. The van der Waals surface area contributed by atoms with Crippen LogP contribution in [0.2, 0.25) is 5.02 Å². The zero-order valence-electron chi connectivity index (χ0n) is 14.2. The van der Waals surface area contributed by atoms with Gasteiger partial charge in [-0.3, -0.25) is 4.79 Å². The zero-order valence-corrected chi connectivity index (χ0v) is 16.6. The van der Waals surface area contributed by atoms with Crippen molar-refractivity contribution in [2.45, 2.75) is 6.92 Å². The summed E-state index contributed by atoms with van der Waals surface area (Å²) >= 11 is 9.43. The Hall–Kier alpha value is -2.57. The molecule has 4 nitrogen and oxygen atoms in total. The first kappa shape index (κ1) is 19.2. The van der Waals surface area contributed by atoms with Crippen molar-refractivity contribution in [3.63, 3.8) is 0 Å². The Balaban J connectivity index is 1.73. The summed E-state index contributed by atoms with van der Waals surface area (Å²) in [5, 5.41) is 3.10. The third-order valence-electron chi connectivity index (χ3n) is 3.78. The number of anilines is 2. The lowest BCUT2D eigenvalue weighted by Crippen LogP contribution is -2.09. The first-order chi connectivity index (χ1) is 12.8. The van der Waals surface area contributed by atoms with Gasteiger partial charge in [0, 0.05) is 21.8 Å². The Bertz CT molecular complexity index is 1020. The number of halogens is 3. The summed E-state index contributed by atoms with van der Waals surface area (Å²) in [5.74, 6) is 0.340. The molecule has 0 bridgehead atoms. The highest BCUT2D eigenvalue weighted by molar-refractivity contribution is 9.10. The van der Waals surface area contributed by atoms with Crippen molar-refractivity contribution in [2.24, 2.45) is 0 Å². The highest BCUT2D eigenvalue weighted by Crippen LogP contribution is 2.31. The number of rotatable bonds is 4. The first-order valence-corrected chi connectivity index (χ1v) is 9.10. The summed E-state index contributed by atoms with van der Waals surface area (Å²) in [6, 6.07) is 11.1. The lowest BCUT2D eigenvalue weighted by atomic mass is 10.1. The molecule has 0 fully saturated rings. The van der Waals surface area contributed by atoms with E-state index in [9.17, 15) is 9.18 Å². The topological polar surface area (TPSA) is 68.3 Å². The maximum absolute atomic E-state index is 13.2. The summed E-state index contributed by atoms with van der Waals surface area (Å²) in [4.78, 5) is 12.2. The third-order valence-corrected chi connectivity index (χ3v) is 4.73. The van der Waals surface area contributed by atoms with Crippen LogP contribution in [0.5, 0.6) is 0 Å². The van der Waals surface area contributed by atoms with Gasteiger partial charge in [0.25, 0.3) is 0 Å². The van der Waals surface area contributed by atoms with E-state index >= 15 is 0 Å². The van der Waals surface area contributed by atoms with Crippen LogP contribution in [-0.4, -0.2) is 5.91 Å². The van der Waals surface area contributed by atoms with Crippen LogP contribution in [0.3, 0.4) is 0 Å². The van der Waals surface area contributed by atoms with E-state index in [1.165, 1.54) is 24.3 Å². The number of carbonyl (C=O) groups excluding carboxylic acids is 1. The van der Waals surface area contributed by atoms with Gasteiger partial charge in [-0.2, -0.15) is 0 Å². The minimum Gasteiger partial charge on any atom is -0.457 e. The number of hydrogen-bond acceptors (Lipinski definition) is 3. The lowest BCUT2D eigenvalue weighted by molar-refractivity contribution is -0.111. The van der Waals surface area contributed by atoms with Gasteiger partial charge in [0.15, 0.2) is 0 Å². The van der Waals surface area contributed by atoms with Crippen LogP contribution < -0.4 is 11.1 Å². The van der Waals surface area contributed by atoms with Gasteiger partial charge in [-0.1, -0.05) is 11.6 Å². The molecule has 1 aromatic heterocycles. The van der Waals surface area contributed by atoms with Gasteiger partial charge in [0.2, 0.25) is 5.91 Å². The Morgan fingerprint density at radius 1 is 1.26 bits per heavy atom. The molecular formula is C20H15BrClFN2O2. The molecule has 3 aromatic rings. The minimum atomic E-state index is -0.356. The zero-order chi connectivity index (χ0) is 19.6. The van der Waals surface area contributed by atoms with E-state index in [0.29, 0.717) is 38.0 Å². The minimum absolute atomic E-state index is 0.342. The van der Waals surface area contributed by atoms with Gasteiger partial charge in [-0.15, -0.1) is 0 Å². The van der Waals surface area contributed by atoms with Crippen LogP contribution in [0.25, 0.3) is 17.4 Å². The normalized spacial score (nSPS) is 11.1. The molecule has 1 amide bonds. The van der Waals surface area contributed by atoms with E-state index in [1.807, 2.05) is 0 Å². The Labute approximate surface area is 168 Å². The van der Waals surface area contributed by atoms with Crippen molar-refractivity contribution < 1.29 is 13.6 Å². The molecule has 138 valence electrons. The molecule has 0 aliphatic heterocycles. The number of nitrogens with one attached hydrogen (secondary N) is 1. The molecule has 2 aromatic carbocycles. The fourth-order valence-corrected chi connectivity index (χ4v) is 3.40. The fourth-order valence-electron chi connectivity index (χ4n) is 2.53. The van der Waals surface area contributed by atoms with E-state index in [0.717, 1.165) is 5.56 Å². The Morgan fingerprint density at radius 3 is 2.74 bits per heavy atom. The number of carbonyl (C=O) groups is 1. The van der Waals surface area contributed by atoms with Crippen LogP contribution in [0, 0.1) is 12.7 Å². The molecular weight excluding hydrogens is 435 g/mol. The molecule has 0 saturated carbocycles. The average molecular weight is 450 g/mol. The SMILES string of the molecule is Cc1cc(N)cc(Cl)c1NC(=O)/C=C/c1ccc(-c2ccc(F)cc2Br)o1. The molecule has 0 radical (unpaired) electrons. The Morgan fingerprint density at radius 2 is 2.04 bits per heavy atom. The van der Waals surface area contributed by atoms with Crippen molar-refractivity contribution >= 4 is 50.9 Å². The molecule has 0 aliphatic carbocycles. The summed E-state index contributed by atoms with van der Waals surface area (Å²) in [5.41, 5.74) is 8.23. The highest BCUT2D eigenvalue weighted by Gasteiger charge is 2.10. The van der Waals surface area contributed by atoms with E-state index in [2.05, 4.69) is 21.2 Å². The Kier molecular flexibility index (Phi) is 5.68. The second-order valence-electron chi connectivity index (χ2n) is 5.84. The summed E-state index contributed by atoms with van der Waals surface area (Å²) in [6.45, 7) is 1.81. The standard InChI is InChI=1S/C20H15BrClFN2O2/c1-11-8-13(24)10-17(22)20(11)25-19(26)7-4-14-3-6-18(27-14)15-5-2-12(23)9-16(15)21/h2-10H,24H2,1H3,(H,25,26)/b7-4+. The van der Waals surface area contributed by atoms with Crippen LogP contribution in [0.4, 0.5) is 15.8 Å². The molecule has 3 rings (SSSR count). The fraction of sp³-hybridized carbons (Fsp3) is 0.0500. The molecule has 0 unspecified atom stereocenters. The van der Waals surface area contributed by atoms with Gasteiger partial charge < -0.3 is 15.5 Å². The quantitative estimate of drug-likeness (QED) is 0.377. The molecule has 0 spiro atoms. The predicted octanol–water partition coefficient (Wildman–Crippen LogP) is 6.04. The monoisotopic (exact) mass is 448 g/mol. The number of nitrogen functional groups attached to an aromatic ring is 1. The van der Waals surface area contributed by atoms with Crippen molar-refractivity contribution in [1.82, 2.24) is 0 Å². The van der Waals surface area contributed by atoms with Gasteiger partial charge in [0.1, 0.15) is 17.3 Å². The molecule has 0 saturated heterocycles. The molecule has 27 heavy (non-hydrogen) atoms. The number of benzene rings is 2. The van der Waals surface area contributed by atoms with Crippen LogP contribution in [0.15, 0.2) is 57.4 Å². The smallest absolute Gasteiger partial charge is 0.248 e. The van der Waals surface area contributed by atoms with Crippen molar-refractivity contribution in [2.75, 3.05) is 11.1 Å². The molecule has 7 heteroatoms. The van der Waals surface area contributed by atoms with E-state index in [1.54, 1.807) is 37.3 Å². The van der Waals surface area contributed by atoms with Crippen LogP contribution in [-0.2, 0) is 4.79 Å². The maximum atomic E-state index is 13.2. The van der Waals surface area contributed by atoms with Gasteiger partial charge in [-0.05, 0) is 77.0 Å². The van der Waals surface area contributed by atoms with Crippen molar-refractivity contribution in [3.8, 4) is 11.3 Å². The number of furan rings is 1. The number of nitrogens with two attached hydrogens (primary N) is 1. The van der Waals surface area contributed by atoms with E-state index in [4.69, 9.17) is 21.8 Å². The van der Waals surface area contributed by atoms with Crippen LogP contribution >= 0.6 is 27.5 Å². The first-order valence-electron chi connectivity index (χ1n) is 7.93. The lowest BCUT2D eigenvalue weighted by Gasteiger charge is -2.09. The van der Waals surface area contributed by atoms with E-state index < -0.39 is 0 Å². The highest BCUT2D eigenvalue weighted by atomic mass is 79.9. The van der Waals surface area contributed by atoms with Crippen LogP contribution in [0.1, 0.15) is 11.3 Å².